The molecule has 4 atom stereocenters. The van der Waals surface area contributed by atoms with Gasteiger partial charge in [-0.1, -0.05) is 57.2 Å². The molecule has 0 saturated heterocycles. The van der Waals surface area contributed by atoms with Crippen LogP contribution in [-0.4, -0.2) is 101 Å². The van der Waals surface area contributed by atoms with Crippen molar-refractivity contribution in [2.75, 3.05) is 33.3 Å². The summed E-state index contributed by atoms with van der Waals surface area (Å²) in [6.45, 7) is 9.40. The average molecular weight is 847 g/mol. The molecular formula is C45H54N10O7. The van der Waals surface area contributed by atoms with Gasteiger partial charge in [-0.3, -0.25) is 24.0 Å². The Labute approximate surface area is 360 Å². The number of aryl methyl sites for hydroxylation is 1. The number of hydrogen-bond acceptors (Lipinski definition) is 12. The van der Waals surface area contributed by atoms with Crippen molar-refractivity contribution in [3.63, 3.8) is 0 Å². The molecule has 0 radical (unpaired) electrons. The first-order valence-electron chi connectivity index (χ1n) is 20.2. The predicted molar refractivity (Wildman–Crippen MR) is 231 cm³/mol. The average Bonchev–Trinajstić information content (AvgIpc) is 3.24. The van der Waals surface area contributed by atoms with Crippen molar-refractivity contribution < 1.29 is 33.8 Å². The second-order valence-electron chi connectivity index (χ2n) is 16.1. The number of amides is 5. The van der Waals surface area contributed by atoms with Gasteiger partial charge in [-0.15, -0.1) is 0 Å². The highest BCUT2D eigenvalue weighted by atomic mass is 16.5. The number of nitrogens with two attached hydrogens (primary N) is 2. The Morgan fingerprint density at radius 3 is 2.39 bits per heavy atom. The molecule has 5 amide bonds. The monoisotopic (exact) mass is 846 g/mol. The van der Waals surface area contributed by atoms with E-state index in [2.05, 4.69) is 52.0 Å². The van der Waals surface area contributed by atoms with Crippen LogP contribution < -0.4 is 37.5 Å². The molecule has 4 aromatic rings. The van der Waals surface area contributed by atoms with Crippen molar-refractivity contribution in [2.24, 2.45) is 11.5 Å². The van der Waals surface area contributed by atoms with Gasteiger partial charge in [0.2, 0.25) is 23.6 Å². The molecule has 5 rings (SSSR count). The van der Waals surface area contributed by atoms with E-state index in [-0.39, 0.29) is 66.9 Å². The summed E-state index contributed by atoms with van der Waals surface area (Å²) in [6, 6.07) is 14.0. The number of aromatic hydroxyl groups is 1. The van der Waals surface area contributed by atoms with E-state index in [0.717, 1.165) is 16.0 Å². The van der Waals surface area contributed by atoms with Gasteiger partial charge < -0.3 is 47.5 Å². The summed E-state index contributed by atoms with van der Waals surface area (Å²) >= 11 is 0. The number of fused-ring (bicyclic) bond motifs is 5. The molecule has 2 heterocycles. The molecule has 17 heteroatoms. The van der Waals surface area contributed by atoms with E-state index in [9.17, 15) is 29.1 Å². The Morgan fingerprint density at radius 1 is 1.02 bits per heavy atom. The van der Waals surface area contributed by atoms with Crippen LogP contribution in [-0.2, 0) is 31.0 Å². The number of carbonyl (C=O) groups is 5. The van der Waals surface area contributed by atoms with Crippen molar-refractivity contribution in [2.45, 2.75) is 77.0 Å². The zero-order chi connectivity index (χ0) is 45.3. The van der Waals surface area contributed by atoms with Gasteiger partial charge >= 0.3 is 0 Å². The fourth-order valence-electron chi connectivity index (χ4n) is 7.03. The molecule has 62 heavy (non-hydrogen) atoms. The van der Waals surface area contributed by atoms with E-state index in [1.807, 2.05) is 30.3 Å². The van der Waals surface area contributed by atoms with Gasteiger partial charge in [0.15, 0.2) is 5.82 Å². The smallest absolute Gasteiger partial charge is 0.255 e. The second kappa shape index (κ2) is 20.1. The Balaban J connectivity index is 1.52. The quantitative estimate of drug-likeness (QED) is 0.101. The third-order valence-electron chi connectivity index (χ3n) is 10.5. The lowest BCUT2D eigenvalue weighted by molar-refractivity contribution is -0.141. The topological polar surface area (TPSA) is 268 Å². The maximum Gasteiger partial charge on any atom is 0.255 e. The van der Waals surface area contributed by atoms with Crippen LogP contribution in [0.15, 0.2) is 66.9 Å². The summed E-state index contributed by atoms with van der Waals surface area (Å²) in [7, 11) is 1.39. The number of benzene rings is 3. The van der Waals surface area contributed by atoms with Crippen molar-refractivity contribution in [3.05, 3.63) is 94.8 Å². The molecule has 0 aliphatic carbocycles. The third kappa shape index (κ3) is 10.9. The standard InChI is InChI=1S/C45H54N10O7/c1-25-33(24-50-39(51-25)28-8-11-30(12-9-28)45(3,4)5)41(58)53-34(15-16-46)44(61)55(6)38-29-10-14-37(62-20-18-48)32(23-29)31-21-27(7-13-36(31)56)22-35(42(59)49-19-17-47)54-40(57)26(2)52-43(38)60/h7-14,21,23-24,26,34-35,38,56H,15-16,18-20,22,46,48H2,1-6H3,(H,49,59)(H,52,60)(H,53,58)(H,54,57)/t26-,34?,35-,38-/m0/s1. The van der Waals surface area contributed by atoms with E-state index in [0.29, 0.717) is 28.4 Å². The number of ether oxygens (including phenoxy) is 1. The van der Waals surface area contributed by atoms with Gasteiger partial charge in [0.1, 0.15) is 48.8 Å². The minimum Gasteiger partial charge on any atom is -0.507 e. The first-order valence-corrected chi connectivity index (χ1v) is 20.2. The minimum absolute atomic E-state index is 0.00632. The molecule has 4 bridgehead atoms. The number of rotatable bonds is 12. The molecular weight excluding hydrogens is 793 g/mol. The highest BCUT2D eigenvalue weighted by Gasteiger charge is 2.36. The lowest BCUT2D eigenvalue weighted by Gasteiger charge is -2.32. The molecule has 17 nitrogen and oxygen atoms in total. The Kier molecular flexibility index (Phi) is 15.0. The van der Waals surface area contributed by atoms with Crippen LogP contribution >= 0.6 is 0 Å². The lowest BCUT2D eigenvalue weighted by atomic mass is 9.87. The third-order valence-corrected chi connectivity index (χ3v) is 10.5. The summed E-state index contributed by atoms with van der Waals surface area (Å²) in [4.78, 5) is 79.7. The first kappa shape index (κ1) is 46.2. The zero-order valence-electron chi connectivity index (χ0n) is 35.7. The van der Waals surface area contributed by atoms with Crippen molar-refractivity contribution in [3.8, 4) is 40.1 Å². The fraction of sp³-hybridized carbons (Fsp3) is 0.378. The molecule has 1 aliphatic rings. The van der Waals surface area contributed by atoms with E-state index in [1.165, 1.54) is 26.2 Å². The van der Waals surface area contributed by atoms with Crippen LogP contribution in [0.4, 0.5) is 0 Å². The van der Waals surface area contributed by atoms with Crippen LogP contribution in [0.5, 0.6) is 11.5 Å². The number of nitrogens with one attached hydrogen (secondary N) is 4. The first-order chi connectivity index (χ1) is 29.5. The van der Waals surface area contributed by atoms with Crippen LogP contribution in [0.2, 0.25) is 0 Å². The summed E-state index contributed by atoms with van der Waals surface area (Å²) in [5.74, 6) is -2.90. The number of hydrogen-bond donors (Lipinski definition) is 7. The van der Waals surface area contributed by atoms with Crippen LogP contribution in [0.3, 0.4) is 0 Å². The summed E-state index contributed by atoms with van der Waals surface area (Å²) in [5.41, 5.74) is 15.5. The SMILES string of the molecule is Cc1nc(-c2ccc(C(C)(C)C)cc2)ncc1C(=O)NC(CCN)C(=O)N(C)[C@@H]1C(=O)N[C@@H](C)C(=O)N[C@H](C(=O)NCC#N)Cc2ccc(O)c(c2)-c2cc1ccc2OCCN. The summed E-state index contributed by atoms with van der Waals surface area (Å²) in [6.07, 6.45) is 1.35. The van der Waals surface area contributed by atoms with Crippen molar-refractivity contribution in [1.82, 2.24) is 36.1 Å². The molecule has 1 unspecified atom stereocenters. The number of phenols is 1. The van der Waals surface area contributed by atoms with E-state index in [1.54, 1.807) is 37.3 Å². The highest BCUT2D eigenvalue weighted by molar-refractivity contribution is 6.00. The largest absolute Gasteiger partial charge is 0.507 e. The van der Waals surface area contributed by atoms with Crippen LogP contribution in [0.25, 0.3) is 22.5 Å². The molecule has 1 aliphatic heterocycles. The Hall–Kier alpha value is -6.90. The van der Waals surface area contributed by atoms with Crippen molar-refractivity contribution >= 4 is 29.5 Å². The Bertz CT molecular complexity index is 2360. The molecule has 9 N–H and O–H groups in total. The highest BCUT2D eigenvalue weighted by Crippen LogP contribution is 2.39. The van der Waals surface area contributed by atoms with Gasteiger partial charge in [0.25, 0.3) is 5.91 Å². The van der Waals surface area contributed by atoms with E-state index >= 15 is 0 Å². The number of nitriles is 1. The summed E-state index contributed by atoms with van der Waals surface area (Å²) in [5, 5.41) is 30.8. The zero-order valence-corrected chi connectivity index (χ0v) is 35.7. The number of nitrogens with zero attached hydrogens (tertiary/aromatic N) is 4. The number of aromatic nitrogens is 2. The normalized spacial score (nSPS) is 17.0. The number of likely N-dealkylation sites (N-methyl/N-ethyl adjacent to an activating group) is 1. The lowest BCUT2D eigenvalue weighted by Crippen LogP contribution is -2.56. The molecule has 326 valence electrons. The van der Waals surface area contributed by atoms with Crippen LogP contribution in [0.1, 0.15) is 72.9 Å². The minimum atomic E-state index is -1.42. The van der Waals surface area contributed by atoms with Gasteiger partial charge in [0, 0.05) is 42.9 Å². The maximum atomic E-state index is 14.5. The van der Waals surface area contributed by atoms with E-state index < -0.39 is 53.7 Å². The number of carbonyl (C=O) groups excluding carboxylic acids is 5. The van der Waals surface area contributed by atoms with E-state index in [4.69, 9.17) is 21.5 Å². The fourth-order valence-corrected chi connectivity index (χ4v) is 7.03. The molecule has 3 aromatic carbocycles. The van der Waals surface area contributed by atoms with Crippen molar-refractivity contribution in [1.29, 1.82) is 5.26 Å². The summed E-state index contributed by atoms with van der Waals surface area (Å²) < 4.78 is 5.97. The number of phenolic OH excluding ortho intramolecular Hbond substituents is 1. The van der Waals surface area contributed by atoms with Gasteiger partial charge in [-0.2, -0.15) is 5.26 Å². The molecule has 1 aromatic heterocycles. The molecule has 0 saturated carbocycles. The maximum absolute atomic E-state index is 14.5. The molecule has 0 fully saturated rings. The second-order valence-corrected chi connectivity index (χ2v) is 16.1. The van der Waals surface area contributed by atoms with Gasteiger partial charge in [-0.25, -0.2) is 9.97 Å². The predicted octanol–water partition coefficient (Wildman–Crippen LogP) is 2.29. The van der Waals surface area contributed by atoms with Gasteiger partial charge in [-0.05, 0) is 73.2 Å². The van der Waals surface area contributed by atoms with Crippen LogP contribution in [0, 0.1) is 18.3 Å². The molecule has 0 spiro atoms. The van der Waals surface area contributed by atoms with Gasteiger partial charge in [0.05, 0.1) is 17.3 Å². The Morgan fingerprint density at radius 2 is 1.74 bits per heavy atom.